The predicted octanol–water partition coefficient (Wildman–Crippen LogP) is 8.08. The molecule has 1 aliphatic carbocycles. The van der Waals surface area contributed by atoms with Crippen LogP contribution in [-0.4, -0.2) is 58.7 Å². The molecule has 2 amide bonds. The molecule has 0 spiro atoms. The van der Waals surface area contributed by atoms with E-state index in [9.17, 15) is 18.0 Å². The van der Waals surface area contributed by atoms with Crippen molar-refractivity contribution in [3.8, 4) is 0 Å². The van der Waals surface area contributed by atoms with Gasteiger partial charge in [-0.05, 0) is 85.8 Å². The van der Waals surface area contributed by atoms with Gasteiger partial charge in [-0.2, -0.15) is 18.6 Å². The number of nitrogens with one attached hydrogen (secondary N) is 2. The molecule has 4 rings (SSSR count). The highest BCUT2D eigenvalue weighted by atomic mass is 32.2. The molecule has 13 heteroatoms. The van der Waals surface area contributed by atoms with Crippen LogP contribution in [-0.2, 0) is 31.1 Å². The summed E-state index contributed by atoms with van der Waals surface area (Å²) >= 11 is 0. The third kappa shape index (κ3) is 12.8. The molecular weight excluding hydrogens is 669 g/mol. The van der Waals surface area contributed by atoms with Crippen LogP contribution in [0.5, 0.6) is 0 Å². The van der Waals surface area contributed by atoms with Crippen molar-refractivity contribution in [2.45, 2.75) is 154 Å². The van der Waals surface area contributed by atoms with Crippen molar-refractivity contribution < 1.29 is 26.9 Å². The van der Waals surface area contributed by atoms with E-state index in [1.165, 1.54) is 0 Å². The Morgan fingerprint density at radius 2 is 1.61 bits per heavy atom. The lowest BCUT2D eigenvalue weighted by molar-refractivity contribution is 0.0979. The van der Waals surface area contributed by atoms with E-state index < -0.39 is 10.1 Å². The fourth-order valence-electron chi connectivity index (χ4n) is 6.28. The Hall–Kier alpha value is -3.71. The molecule has 1 fully saturated rings. The molecule has 51 heavy (non-hydrogen) atoms. The summed E-state index contributed by atoms with van der Waals surface area (Å²) in [5.74, 6) is 0.555. The zero-order chi connectivity index (χ0) is 37.0. The third-order valence-corrected chi connectivity index (χ3v) is 10.4. The summed E-state index contributed by atoms with van der Waals surface area (Å²) in [5.41, 5.74) is 2.06. The Morgan fingerprint density at radius 1 is 0.961 bits per heavy atom. The molecule has 0 saturated heterocycles. The van der Waals surface area contributed by atoms with Gasteiger partial charge in [0.25, 0.3) is 16.0 Å². The summed E-state index contributed by atoms with van der Waals surface area (Å²) in [6.45, 7) is 12.8. The van der Waals surface area contributed by atoms with Crippen molar-refractivity contribution in [1.29, 1.82) is 0 Å². The first-order chi connectivity index (χ1) is 24.2. The molecule has 12 nitrogen and oxygen atoms in total. The lowest BCUT2D eigenvalue weighted by Gasteiger charge is -2.22. The fraction of sp³-hybridized carbons (Fsp3) is 0.632. The van der Waals surface area contributed by atoms with E-state index in [1.54, 1.807) is 36.7 Å². The molecule has 1 aromatic carbocycles. The number of aryl methyl sites for hydroxylation is 2. The number of rotatable bonds is 19. The second-order valence-electron chi connectivity index (χ2n) is 15.1. The number of unbranched alkanes of at least 4 members (excludes halogenated alkanes) is 8. The number of amides is 2. The highest BCUT2D eigenvalue weighted by molar-refractivity contribution is 7.86. The van der Waals surface area contributed by atoms with Crippen molar-refractivity contribution in [2.75, 3.05) is 11.9 Å². The monoisotopic (exact) mass is 726 g/mol. The van der Waals surface area contributed by atoms with Gasteiger partial charge in [-0.15, -0.1) is 0 Å². The second-order valence-corrected chi connectivity index (χ2v) is 16.7. The molecule has 1 aliphatic rings. The van der Waals surface area contributed by atoms with Crippen LogP contribution in [0.4, 0.5) is 10.6 Å². The van der Waals surface area contributed by atoms with E-state index in [2.05, 4.69) is 36.5 Å². The van der Waals surface area contributed by atoms with Gasteiger partial charge in [0.2, 0.25) is 0 Å². The van der Waals surface area contributed by atoms with E-state index in [-0.39, 0.29) is 47.1 Å². The molecule has 0 radical (unpaired) electrons. The minimum atomic E-state index is -3.68. The van der Waals surface area contributed by atoms with Crippen LogP contribution in [0.1, 0.15) is 139 Å². The molecule has 282 valence electrons. The number of aromatic nitrogens is 4. The highest BCUT2D eigenvalue weighted by Crippen LogP contribution is 2.37. The minimum absolute atomic E-state index is 0.0226. The van der Waals surface area contributed by atoms with Gasteiger partial charge in [0.1, 0.15) is 11.9 Å². The van der Waals surface area contributed by atoms with Crippen LogP contribution < -0.4 is 10.6 Å². The zero-order valence-electron chi connectivity index (χ0n) is 31.3. The Labute approximate surface area is 304 Å². The Morgan fingerprint density at radius 3 is 2.25 bits per heavy atom. The van der Waals surface area contributed by atoms with Gasteiger partial charge in [-0.1, -0.05) is 62.6 Å². The van der Waals surface area contributed by atoms with Crippen molar-refractivity contribution in [2.24, 2.45) is 0 Å². The Bertz CT molecular complexity index is 1660. The summed E-state index contributed by atoms with van der Waals surface area (Å²) in [7, 11) is -3.68. The fourth-order valence-corrected chi connectivity index (χ4v) is 7.23. The number of hydrogen-bond acceptors (Lipinski definition) is 8. The molecule has 2 heterocycles. The molecule has 0 bridgehead atoms. The van der Waals surface area contributed by atoms with Gasteiger partial charge in [0.05, 0.1) is 34.5 Å². The molecular formula is C38H58N6O6S. The highest BCUT2D eigenvalue weighted by Gasteiger charge is 2.32. The van der Waals surface area contributed by atoms with Crippen LogP contribution in [0.15, 0.2) is 47.6 Å². The molecule has 1 saturated carbocycles. The first kappa shape index (κ1) is 40.1. The maximum Gasteiger partial charge on any atom is 0.407 e. The summed E-state index contributed by atoms with van der Waals surface area (Å²) in [4.78, 5) is 25.6. The first-order valence-electron chi connectivity index (χ1n) is 18.6. The molecule has 0 aliphatic heterocycles. The normalized spacial score (nSPS) is 16.5. The molecule has 2 aromatic heterocycles. The van der Waals surface area contributed by atoms with Crippen LogP contribution in [0, 0.1) is 6.92 Å². The van der Waals surface area contributed by atoms with Gasteiger partial charge in [-0.3, -0.25) is 13.7 Å². The van der Waals surface area contributed by atoms with E-state index in [4.69, 9.17) is 14.0 Å². The topological polar surface area (TPSA) is 146 Å². The van der Waals surface area contributed by atoms with Crippen molar-refractivity contribution in [3.05, 3.63) is 59.5 Å². The van der Waals surface area contributed by atoms with Crippen LogP contribution in [0.3, 0.4) is 0 Å². The number of anilines is 1. The summed E-state index contributed by atoms with van der Waals surface area (Å²) < 4.78 is 39.0. The third-order valence-electron chi connectivity index (χ3n) is 9.06. The number of ether oxygens (including phenoxy) is 1. The number of hydrogen-bond donors (Lipinski definition) is 2. The minimum Gasteiger partial charge on any atom is -0.446 e. The summed E-state index contributed by atoms with van der Waals surface area (Å²) in [6, 6.07) is 8.68. The smallest absolute Gasteiger partial charge is 0.407 e. The standard InChI is InChI=1S/C38H58N6O6S/c1-28(2)40-37(46)50-32-19-18-30(24-32)34-25-35(44(42-34)38(4,5)6)41-36(45)31-26-39-43(27-31)22-14-12-10-8-7-9-11-13-15-23-49-51(47,48)33-20-16-29(3)17-21-33/h16-17,20-21,25-28,30,32H,7-15,18-19,22-24H2,1-6H3,(H,40,46)(H,41,45)/t30-,32+/m0/s1. The van der Waals surface area contributed by atoms with Crippen LogP contribution in [0.2, 0.25) is 0 Å². The lowest BCUT2D eigenvalue weighted by Crippen LogP contribution is -2.33. The SMILES string of the molecule is Cc1ccc(S(=O)(=O)OCCCCCCCCCCCn2cc(C(=O)Nc3cc([C@H]4CC[C@@H](OC(=O)NC(C)C)C4)nn3C(C)(C)C)cn2)cc1. The zero-order valence-corrected chi connectivity index (χ0v) is 32.1. The maximum atomic E-state index is 13.3. The average molecular weight is 727 g/mol. The molecule has 2 N–H and O–H groups in total. The van der Waals surface area contributed by atoms with Crippen molar-refractivity contribution >= 4 is 27.9 Å². The van der Waals surface area contributed by atoms with Crippen LogP contribution >= 0.6 is 0 Å². The average Bonchev–Trinajstić information content (AvgIpc) is 3.81. The summed E-state index contributed by atoms with van der Waals surface area (Å²) in [6.07, 6.45) is 14.6. The summed E-state index contributed by atoms with van der Waals surface area (Å²) in [5, 5.41) is 15.2. The van der Waals surface area contributed by atoms with E-state index in [0.29, 0.717) is 17.8 Å². The maximum absolute atomic E-state index is 13.3. The number of carbonyl (C=O) groups is 2. The van der Waals surface area contributed by atoms with Gasteiger partial charge in [0, 0.05) is 30.8 Å². The van der Waals surface area contributed by atoms with Crippen LogP contribution in [0.25, 0.3) is 0 Å². The first-order valence-corrected chi connectivity index (χ1v) is 20.0. The molecule has 2 atom stereocenters. The second kappa shape index (κ2) is 18.7. The van der Waals surface area contributed by atoms with Gasteiger partial charge < -0.3 is 15.4 Å². The van der Waals surface area contributed by atoms with Gasteiger partial charge in [0.15, 0.2) is 0 Å². The Kier molecular flexibility index (Phi) is 14.7. The number of benzene rings is 1. The molecule has 3 aromatic rings. The van der Waals surface area contributed by atoms with E-state index in [1.807, 2.05) is 36.2 Å². The largest absolute Gasteiger partial charge is 0.446 e. The lowest BCUT2D eigenvalue weighted by atomic mass is 10.0. The predicted molar refractivity (Wildman–Crippen MR) is 198 cm³/mol. The van der Waals surface area contributed by atoms with Gasteiger partial charge >= 0.3 is 6.09 Å². The van der Waals surface area contributed by atoms with E-state index >= 15 is 0 Å². The quantitative estimate of drug-likeness (QED) is 0.0931. The van der Waals surface area contributed by atoms with Crippen molar-refractivity contribution in [1.82, 2.24) is 24.9 Å². The Balaban J connectivity index is 1.11. The number of alkyl carbamates (subject to hydrolysis) is 1. The molecule has 0 unspecified atom stereocenters. The van der Waals surface area contributed by atoms with Gasteiger partial charge in [-0.25, -0.2) is 9.48 Å². The van der Waals surface area contributed by atoms with Crippen molar-refractivity contribution in [3.63, 3.8) is 0 Å². The number of carbonyl (C=O) groups excluding carboxylic acids is 2. The number of nitrogens with zero attached hydrogens (tertiary/aromatic N) is 4. The van der Waals surface area contributed by atoms with E-state index in [0.717, 1.165) is 88.4 Å².